The van der Waals surface area contributed by atoms with Crippen molar-refractivity contribution in [2.45, 2.75) is 12.5 Å². The molecular formula is C21H24ClN3O3. The summed E-state index contributed by atoms with van der Waals surface area (Å²) in [7, 11) is 0. The van der Waals surface area contributed by atoms with Crippen molar-refractivity contribution in [3.8, 4) is 0 Å². The van der Waals surface area contributed by atoms with Crippen molar-refractivity contribution in [2.75, 3.05) is 32.8 Å². The maximum atomic E-state index is 13.0. The van der Waals surface area contributed by atoms with Gasteiger partial charge in [-0.05, 0) is 23.3 Å². The first kappa shape index (κ1) is 20.2. The van der Waals surface area contributed by atoms with E-state index in [0.29, 0.717) is 37.9 Å². The minimum Gasteiger partial charge on any atom is -0.378 e. The number of hydrogen-bond acceptors (Lipinski definition) is 3. The van der Waals surface area contributed by atoms with Gasteiger partial charge in [-0.25, -0.2) is 4.79 Å². The molecule has 0 saturated carbocycles. The normalized spacial score (nSPS) is 15.0. The molecule has 0 radical (unpaired) electrons. The summed E-state index contributed by atoms with van der Waals surface area (Å²) < 4.78 is 5.33. The lowest BCUT2D eigenvalue weighted by atomic mass is 9.97. The Bertz CT molecular complexity index is 794. The maximum absolute atomic E-state index is 13.0. The number of ether oxygens (including phenoxy) is 1. The van der Waals surface area contributed by atoms with Crippen molar-refractivity contribution in [1.82, 2.24) is 15.5 Å². The zero-order valence-corrected chi connectivity index (χ0v) is 16.3. The van der Waals surface area contributed by atoms with E-state index in [4.69, 9.17) is 16.3 Å². The number of halogens is 1. The molecule has 1 unspecified atom stereocenters. The second kappa shape index (κ2) is 10.1. The molecule has 0 aliphatic carbocycles. The van der Waals surface area contributed by atoms with E-state index in [2.05, 4.69) is 10.6 Å². The second-order valence-electron chi connectivity index (χ2n) is 6.59. The number of nitrogens with one attached hydrogen (secondary N) is 2. The summed E-state index contributed by atoms with van der Waals surface area (Å²) in [4.78, 5) is 27.0. The molecule has 1 atom stereocenters. The number of carbonyl (C=O) groups excluding carboxylic acids is 2. The van der Waals surface area contributed by atoms with E-state index in [1.165, 1.54) is 0 Å². The van der Waals surface area contributed by atoms with Crippen molar-refractivity contribution < 1.29 is 14.3 Å². The van der Waals surface area contributed by atoms with Gasteiger partial charge >= 0.3 is 6.03 Å². The van der Waals surface area contributed by atoms with Gasteiger partial charge in [-0.15, -0.1) is 0 Å². The number of rotatable bonds is 6. The fraction of sp³-hybridized carbons (Fsp3) is 0.333. The monoisotopic (exact) mass is 401 g/mol. The molecule has 0 aromatic heterocycles. The van der Waals surface area contributed by atoms with Crippen LogP contribution in [-0.4, -0.2) is 49.7 Å². The topological polar surface area (TPSA) is 70.7 Å². The summed E-state index contributed by atoms with van der Waals surface area (Å²) in [6.45, 7) is 2.81. The Balaban J connectivity index is 1.59. The van der Waals surface area contributed by atoms with Crippen LogP contribution in [0.2, 0.25) is 5.02 Å². The minimum absolute atomic E-state index is 0.00430. The molecule has 1 heterocycles. The highest BCUT2D eigenvalue weighted by molar-refractivity contribution is 6.30. The van der Waals surface area contributed by atoms with Crippen LogP contribution in [0.15, 0.2) is 54.6 Å². The number of nitrogens with zero attached hydrogens (tertiary/aromatic N) is 1. The quantitative estimate of drug-likeness (QED) is 0.781. The van der Waals surface area contributed by atoms with Crippen LogP contribution in [-0.2, 0) is 16.1 Å². The number of amides is 3. The highest BCUT2D eigenvalue weighted by Crippen LogP contribution is 2.19. The number of carbonyl (C=O) groups is 2. The van der Waals surface area contributed by atoms with Gasteiger partial charge in [0.05, 0.1) is 19.1 Å². The van der Waals surface area contributed by atoms with Gasteiger partial charge in [0.15, 0.2) is 0 Å². The van der Waals surface area contributed by atoms with Crippen molar-refractivity contribution in [3.05, 3.63) is 70.7 Å². The van der Waals surface area contributed by atoms with E-state index in [9.17, 15) is 9.59 Å². The summed E-state index contributed by atoms with van der Waals surface area (Å²) >= 11 is 5.96. The molecule has 2 aromatic rings. The van der Waals surface area contributed by atoms with E-state index in [1.54, 1.807) is 17.0 Å². The van der Waals surface area contributed by atoms with Crippen LogP contribution in [0.1, 0.15) is 17.0 Å². The second-order valence-corrected chi connectivity index (χ2v) is 7.03. The number of hydrogen-bond donors (Lipinski definition) is 2. The Hall–Kier alpha value is -2.57. The van der Waals surface area contributed by atoms with Crippen LogP contribution in [0.25, 0.3) is 0 Å². The lowest BCUT2D eigenvalue weighted by Crippen LogP contribution is -2.46. The van der Waals surface area contributed by atoms with Gasteiger partial charge in [-0.1, -0.05) is 54.1 Å². The molecule has 6 nitrogen and oxygen atoms in total. The van der Waals surface area contributed by atoms with Gasteiger partial charge in [0.25, 0.3) is 0 Å². The molecule has 3 rings (SSSR count). The summed E-state index contributed by atoms with van der Waals surface area (Å²) in [5.74, 6) is -0.430. The molecule has 7 heteroatoms. The lowest BCUT2D eigenvalue weighted by Gasteiger charge is -2.30. The SMILES string of the molecule is O=C(NCc1cccc(Cl)c1)NCC(C(=O)N1CCOCC1)c1ccccc1. The molecule has 3 amide bonds. The average Bonchev–Trinajstić information content (AvgIpc) is 2.74. The molecule has 1 aliphatic rings. The lowest BCUT2D eigenvalue weighted by molar-refractivity contribution is -0.136. The predicted molar refractivity (Wildman–Crippen MR) is 108 cm³/mol. The number of urea groups is 1. The number of benzene rings is 2. The Morgan fingerprint density at radius 3 is 2.50 bits per heavy atom. The summed E-state index contributed by atoms with van der Waals surface area (Å²) in [5, 5.41) is 6.25. The van der Waals surface area contributed by atoms with Gasteiger partial charge < -0.3 is 20.3 Å². The Kier molecular flexibility index (Phi) is 7.28. The standard InChI is InChI=1S/C21H24ClN3O3/c22-18-8-4-5-16(13-18)14-23-21(27)24-15-19(17-6-2-1-3-7-17)20(26)25-9-11-28-12-10-25/h1-8,13,19H,9-12,14-15H2,(H2,23,24,27). The Morgan fingerprint density at radius 1 is 1.04 bits per heavy atom. The van der Waals surface area contributed by atoms with E-state index < -0.39 is 5.92 Å². The summed E-state index contributed by atoms with van der Waals surface area (Å²) in [5.41, 5.74) is 1.79. The third-order valence-corrected chi connectivity index (χ3v) is 4.87. The van der Waals surface area contributed by atoms with E-state index in [0.717, 1.165) is 11.1 Å². The Morgan fingerprint density at radius 2 is 1.79 bits per heavy atom. The summed E-state index contributed by atoms with van der Waals surface area (Å²) in [6, 6.07) is 16.5. The number of morpholine rings is 1. The zero-order valence-electron chi connectivity index (χ0n) is 15.6. The van der Waals surface area contributed by atoms with Gasteiger partial charge in [-0.3, -0.25) is 4.79 Å². The van der Waals surface area contributed by atoms with E-state index >= 15 is 0 Å². The minimum atomic E-state index is -0.434. The molecule has 28 heavy (non-hydrogen) atoms. The van der Waals surface area contributed by atoms with Gasteiger partial charge in [-0.2, -0.15) is 0 Å². The first-order valence-corrected chi connectivity index (χ1v) is 9.69. The highest BCUT2D eigenvalue weighted by atomic mass is 35.5. The highest BCUT2D eigenvalue weighted by Gasteiger charge is 2.27. The van der Waals surface area contributed by atoms with E-state index in [1.807, 2.05) is 42.5 Å². The molecule has 1 saturated heterocycles. The molecule has 1 aliphatic heterocycles. The van der Waals surface area contributed by atoms with E-state index in [-0.39, 0.29) is 18.5 Å². The van der Waals surface area contributed by atoms with Crippen molar-refractivity contribution >= 4 is 23.5 Å². The van der Waals surface area contributed by atoms with Crippen LogP contribution < -0.4 is 10.6 Å². The molecule has 2 aromatic carbocycles. The first-order valence-electron chi connectivity index (χ1n) is 9.31. The summed E-state index contributed by atoms with van der Waals surface area (Å²) in [6.07, 6.45) is 0. The molecular weight excluding hydrogens is 378 g/mol. The third-order valence-electron chi connectivity index (χ3n) is 4.63. The smallest absolute Gasteiger partial charge is 0.315 e. The first-order chi connectivity index (χ1) is 13.6. The van der Waals surface area contributed by atoms with Crippen LogP contribution in [0.4, 0.5) is 4.79 Å². The zero-order chi connectivity index (χ0) is 19.8. The third kappa shape index (κ3) is 5.71. The van der Waals surface area contributed by atoms with Gasteiger partial charge in [0.1, 0.15) is 0 Å². The van der Waals surface area contributed by atoms with Crippen molar-refractivity contribution in [2.24, 2.45) is 0 Å². The van der Waals surface area contributed by atoms with Crippen molar-refractivity contribution in [1.29, 1.82) is 0 Å². The molecule has 0 spiro atoms. The van der Waals surface area contributed by atoms with Crippen LogP contribution in [0.3, 0.4) is 0 Å². The fourth-order valence-electron chi connectivity index (χ4n) is 3.12. The molecule has 2 N–H and O–H groups in total. The van der Waals surface area contributed by atoms with Gasteiger partial charge in [0, 0.05) is 31.2 Å². The predicted octanol–water partition coefficient (Wildman–Crippen LogP) is 2.78. The Labute approximate surface area is 169 Å². The van der Waals surface area contributed by atoms with Crippen LogP contribution in [0, 0.1) is 0 Å². The van der Waals surface area contributed by atoms with Crippen LogP contribution >= 0.6 is 11.6 Å². The maximum Gasteiger partial charge on any atom is 0.315 e. The molecule has 148 valence electrons. The molecule has 1 fully saturated rings. The van der Waals surface area contributed by atoms with Gasteiger partial charge in [0.2, 0.25) is 5.91 Å². The largest absolute Gasteiger partial charge is 0.378 e. The van der Waals surface area contributed by atoms with Crippen molar-refractivity contribution in [3.63, 3.8) is 0 Å². The fourth-order valence-corrected chi connectivity index (χ4v) is 3.34. The molecule has 0 bridgehead atoms. The average molecular weight is 402 g/mol. The van der Waals surface area contributed by atoms with Crippen LogP contribution in [0.5, 0.6) is 0 Å².